The second kappa shape index (κ2) is 7.15. The maximum atomic E-state index is 9.54. The SMILES string of the molecule is CC#CCC(O)C(CC)OCC. The summed E-state index contributed by atoms with van der Waals surface area (Å²) in [5.74, 6) is 5.60. The molecule has 0 aromatic carbocycles. The Morgan fingerprint density at radius 2 is 2.08 bits per heavy atom. The number of hydrogen-bond acceptors (Lipinski definition) is 2. The molecule has 70 valence electrons. The first-order valence-electron chi connectivity index (χ1n) is 4.45. The number of rotatable bonds is 5. The van der Waals surface area contributed by atoms with Crippen molar-refractivity contribution in [2.45, 2.75) is 45.8 Å². The van der Waals surface area contributed by atoms with E-state index in [0.717, 1.165) is 6.42 Å². The van der Waals surface area contributed by atoms with Gasteiger partial charge in [0.05, 0.1) is 12.2 Å². The Hall–Kier alpha value is -0.520. The second-order valence-corrected chi connectivity index (χ2v) is 2.60. The maximum absolute atomic E-state index is 9.54. The summed E-state index contributed by atoms with van der Waals surface area (Å²) in [5.41, 5.74) is 0. The van der Waals surface area contributed by atoms with Gasteiger partial charge in [0.2, 0.25) is 0 Å². The van der Waals surface area contributed by atoms with Crippen LogP contribution in [-0.4, -0.2) is 23.9 Å². The molecule has 2 nitrogen and oxygen atoms in total. The smallest absolute Gasteiger partial charge is 0.0910 e. The first-order chi connectivity index (χ1) is 5.76. The lowest BCUT2D eigenvalue weighted by Gasteiger charge is -2.19. The van der Waals surface area contributed by atoms with Gasteiger partial charge in [-0.3, -0.25) is 0 Å². The van der Waals surface area contributed by atoms with E-state index in [1.807, 2.05) is 13.8 Å². The van der Waals surface area contributed by atoms with E-state index >= 15 is 0 Å². The fraction of sp³-hybridized carbons (Fsp3) is 0.800. The molecule has 0 saturated heterocycles. The molecule has 0 aliphatic rings. The lowest BCUT2D eigenvalue weighted by molar-refractivity contribution is -0.0315. The minimum absolute atomic E-state index is 0.0594. The van der Waals surface area contributed by atoms with Crippen molar-refractivity contribution in [3.05, 3.63) is 0 Å². The van der Waals surface area contributed by atoms with Crippen molar-refractivity contribution < 1.29 is 9.84 Å². The molecule has 1 N–H and O–H groups in total. The van der Waals surface area contributed by atoms with E-state index in [0.29, 0.717) is 13.0 Å². The fourth-order valence-electron chi connectivity index (χ4n) is 1.05. The molecule has 0 amide bonds. The highest BCUT2D eigenvalue weighted by atomic mass is 16.5. The van der Waals surface area contributed by atoms with Crippen LogP contribution in [-0.2, 0) is 4.74 Å². The molecular weight excluding hydrogens is 152 g/mol. The van der Waals surface area contributed by atoms with E-state index in [4.69, 9.17) is 4.74 Å². The normalized spacial score (nSPS) is 14.7. The standard InChI is InChI=1S/C10H18O2/c1-4-7-8-9(11)10(5-2)12-6-3/h9-11H,5-6,8H2,1-3H3. The Labute approximate surface area is 74.9 Å². The van der Waals surface area contributed by atoms with Gasteiger partial charge in [-0.2, -0.15) is 0 Å². The third-order valence-corrected chi connectivity index (χ3v) is 1.70. The van der Waals surface area contributed by atoms with E-state index < -0.39 is 6.10 Å². The number of hydrogen-bond donors (Lipinski definition) is 1. The topological polar surface area (TPSA) is 29.5 Å². The molecule has 0 aliphatic heterocycles. The third kappa shape index (κ3) is 4.38. The predicted molar refractivity (Wildman–Crippen MR) is 49.8 cm³/mol. The Morgan fingerprint density at radius 3 is 2.50 bits per heavy atom. The van der Waals surface area contributed by atoms with Gasteiger partial charge in [-0.1, -0.05) is 6.92 Å². The Bertz CT molecular complexity index is 155. The summed E-state index contributed by atoms with van der Waals surface area (Å²) < 4.78 is 5.33. The molecule has 0 radical (unpaired) electrons. The summed E-state index contributed by atoms with van der Waals surface area (Å²) in [6.45, 7) is 6.35. The average Bonchev–Trinajstić information content (AvgIpc) is 2.10. The molecule has 0 aromatic rings. The molecule has 0 aliphatic carbocycles. The molecule has 0 fully saturated rings. The van der Waals surface area contributed by atoms with Crippen LogP contribution in [0.15, 0.2) is 0 Å². The van der Waals surface area contributed by atoms with E-state index in [1.54, 1.807) is 6.92 Å². The summed E-state index contributed by atoms with van der Waals surface area (Å²) in [7, 11) is 0. The summed E-state index contributed by atoms with van der Waals surface area (Å²) >= 11 is 0. The van der Waals surface area contributed by atoms with Crippen molar-refractivity contribution in [1.82, 2.24) is 0 Å². The van der Waals surface area contributed by atoms with E-state index in [1.165, 1.54) is 0 Å². The van der Waals surface area contributed by atoms with Crippen LogP contribution in [0.2, 0.25) is 0 Å². The molecule has 0 bridgehead atoms. The van der Waals surface area contributed by atoms with E-state index in [-0.39, 0.29) is 6.10 Å². The van der Waals surface area contributed by atoms with Crippen LogP contribution < -0.4 is 0 Å². The van der Waals surface area contributed by atoms with Crippen LogP contribution in [0.1, 0.15) is 33.6 Å². The van der Waals surface area contributed by atoms with Gasteiger partial charge in [-0.15, -0.1) is 11.8 Å². The van der Waals surface area contributed by atoms with Gasteiger partial charge in [-0.05, 0) is 20.3 Å². The van der Waals surface area contributed by atoms with Crippen LogP contribution >= 0.6 is 0 Å². The van der Waals surface area contributed by atoms with Gasteiger partial charge in [0.1, 0.15) is 0 Å². The zero-order valence-electron chi connectivity index (χ0n) is 8.13. The predicted octanol–water partition coefficient (Wildman–Crippen LogP) is 1.58. The first kappa shape index (κ1) is 11.5. The largest absolute Gasteiger partial charge is 0.389 e. The molecule has 0 heterocycles. The van der Waals surface area contributed by atoms with Crippen LogP contribution in [0.25, 0.3) is 0 Å². The Kier molecular flexibility index (Phi) is 6.84. The lowest BCUT2D eigenvalue weighted by Crippen LogP contribution is -2.27. The highest BCUT2D eigenvalue weighted by Gasteiger charge is 2.15. The lowest BCUT2D eigenvalue weighted by atomic mass is 10.1. The quantitative estimate of drug-likeness (QED) is 0.635. The molecule has 2 unspecified atom stereocenters. The molecule has 0 rings (SSSR count). The highest BCUT2D eigenvalue weighted by Crippen LogP contribution is 2.06. The number of aliphatic hydroxyl groups excluding tert-OH is 1. The molecule has 0 spiro atoms. The molecule has 2 heteroatoms. The van der Waals surface area contributed by atoms with Gasteiger partial charge in [0.15, 0.2) is 0 Å². The van der Waals surface area contributed by atoms with Gasteiger partial charge in [-0.25, -0.2) is 0 Å². The monoisotopic (exact) mass is 170 g/mol. The van der Waals surface area contributed by atoms with Crippen molar-refractivity contribution in [2.75, 3.05) is 6.61 Å². The van der Waals surface area contributed by atoms with Crippen LogP contribution in [0.4, 0.5) is 0 Å². The third-order valence-electron chi connectivity index (χ3n) is 1.70. The van der Waals surface area contributed by atoms with Crippen molar-refractivity contribution in [1.29, 1.82) is 0 Å². The molecule has 12 heavy (non-hydrogen) atoms. The van der Waals surface area contributed by atoms with Crippen LogP contribution in [0.5, 0.6) is 0 Å². The Morgan fingerprint density at radius 1 is 1.42 bits per heavy atom. The second-order valence-electron chi connectivity index (χ2n) is 2.60. The minimum Gasteiger partial charge on any atom is -0.389 e. The summed E-state index contributed by atoms with van der Waals surface area (Å²) in [5, 5.41) is 9.54. The van der Waals surface area contributed by atoms with Crippen LogP contribution in [0.3, 0.4) is 0 Å². The Balaban J connectivity index is 3.81. The highest BCUT2D eigenvalue weighted by molar-refractivity contribution is 4.97. The van der Waals surface area contributed by atoms with Gasteiger partial charge >= 0.3 is 0 Å². The summed E-state index contributed by atoms with van der Waals surface area (Å²) in [6, 6.07) is 0. The van der Waals surface area contributed by atoms with Gasteiger partial charge in [0, 0.05) is 13.0 Å². The number of aliphatic hydroxyl groups is 1. The van der Waals surface area contributed by atoms with Crippen LogP contribution in [0, 0.1) is 11.8 Å². The van der Waals surface area contributed by atoms with E-state index in [9.17, 15) is 5.11 Å². The maximum Gasteiger partial charge on any atom is 0.0910 e. The molecule has 0 saturated carbocycles. The zero-order valence-corrected chi connectivity index (χ0v) is 8.13. The molecule has 2 atom stereocenters. The van der Waals surface area contributed by atoms with Crippen molar-refractivity contribution in [3.63, 3.8) is 0 Å². The van der Waals surface area contributed by atoms with Gasteiger partial charge in [0.25, 0.3) is 0 Å². The zero-order chi connectivity index (χ0) is 9.40. The average molecular weight is 170 g/mol. The van der Waals surface area contributed by atoms with Gasteiger partial charge < -0.3 is 9.84 Å². The molecule has 0 aromatic heterocycles. The summed E-state index contributed by atoms with van der Waals surface area (Å²) in [6.07, 6.45) is 0.841. The van der Waals surface area contributed by atoms with Crippen molar-refractivity contribution >= 4 is 0 Å². The van der Waals surface area contributed by atoms with Crippen molar-refractivity contribution in [3.8, 4) is 11.8 Å². The molecular formula is C10H18O2. The first-order valence-corrected chi connectivity index (χ1v) is 4.45. The van der Waals surface area contributed by atoms with Crippen molar-refractivity contribution in [2.24, 2.45) is 0 Å². The number of ether oxygens (including phenoxy) is 1. The van der Waals surface area contributed by atoms with E-state index in [2.05, 4.69) is 11.8 Å². The summed E-state index contributed by atoms with van der Waals surface area (Å²) in [4.78, 5) is 0. The minimum atomic E-state index is -0.442. The fourth-order valence-corrected chi connectivity index (χ4v) is 1.05.